The Kier molecular flexibility index (Phi) is 10.8. The van der Waals surface area contributed by atoms with Gasteiger partial charge in [-0.2, -0.15) is 0 Å². The molecular formula is C34H40Cl2N6O6. The summed E-state index contributed by atoms with van der Waals surface area (Å²) in [5, 5.41) is 16.7. The van der Waals surface area contributed by atoms with E-state index in [1.165, 1.54) is 0 Å². The summed E-state index contributed by atoms with van der Waals surface area (Å²) in [7, 11) is 0. The van der Waals surface area contributed by atoms with Crippen molar-refractivity contribution in [3.63, 3.8) is 0 Å². The van der Waals surface area contributed by atoms with E-state index in [-0.39, 0.29) is 37.2 Å². The van der Waals surface area contributed by atoms with E-state index in [0.717, 1.165) is 22.2 Å². The van der Waals surface area contributed by atoms with Gasteiger partial charge in [0.2, 0.25) is 17.7 Å². The second-order valence-electron chi connectivity index (χ2n) is 12.5. The van der Waals surface area contributed by atoms with Crippen LogP contribution >= 0.6 is 23.2 Å². The number of ether oxygens (including phenoxy) is 1. The second-order valence-corrected chi connectivity index (χ2v) is 13.3. The van der Waals surface area contributed by atoms with Crippen LogP contribution in [-0.4, -0.2) is 44.7 Å². The molecule has 0 spiro atoms. The molecule has 0 aliphatic heterocycles. The summed E-state index contributed by atoms with van der Waals surface area (Å²) in [6.07, 6.45) is 1.16. The lowest BCUT2D eigenvalue weighted by Gasteiger charge is -2.39. The van der Waals surface area contributed by atoms with E-state index in [1.807, 2.05) is 58.0 Å². The molecule has 12 nitrogen and oxygen atoms in total. The number of hydrogen-bond acceptors (Lipinski definition) is 7. The molecule has 5 rings (SSSR count). The molecule has 14 heteroatoms. The van der Waals surface area contributed by atoms with Crippen molar-refractivity contribution in [2.75, 3.05) is 0 Å². The number of H-pyrrole nitrogens is 2. The standard InChI is InChI=1S/C34H40Cl2N6O6/c1-5-18(3)26(39-32(45)47-17-20-10-8-7-9-11-20)29(43)40-34(31(44)38-27(19(4)6-2)30-41-42-33(46)48-30)13-12-25-23(16-34)22-14-21(35)15-24(36)28(22)37-25/h7-11,14-15,18-19,26-27,37H,5-6,12-13,16-17H2,1-4H3,(H,38,44)(H,39,45)(H,40,43)(H,42,46)/t18?,19?,26-,27-,34+/m0/s1. The SMILES string of the molecule is CCC(C)[C@H](NC(=O)OCc1ccccc1)C(=O)N[C@]1(C(=O)N[C@H](c2n[nH]c(=O)o2)C(C)CC)CCc2[nH]c3c(Cl)cc(Cl)cc3c2C1. The van der Waals surface area contributed by atoms with E-state index in [9.17, 15) is 19.2 Å². The summed E-state index contributed by atoms with van der Waals surface area (Å²) in [4.78, 5) is 56.9. The molecule has 0 bridgehead atoms. The fourth-order valence-electron chi connectivity index (χ4n) is 6.07. The molecular weight excluding hydrogens is 659 g/mol. The highest BCUT2D eigenvalue weighted by Crippen LogP contribution is 2.39. The molecule has 4 aromatic rings. The van der Waals surface area contributed by atoms with Gasteiger partial charge >= 0.3 is 11.8 Å². The van der Waals surface area contributed by atoms with E-state index in [0.29, 0.717) is 34.8 Å². The van der Waals surface area contributed by atoms with Gasteiger partial charge in [0.25, 0.3) is 0 Å². The van der Waals surface area contributed by atoms with Crippen molar-refractivity contribution < 1.29 is 23.5 Å². The van der Waals surface area contributed by atoms with Gasteiger partial charge in [0.05, 0.1) is 10.5 Å². The fraction of sp³-hybridized carbons (Fsp3) is 0.441. The monoisotopic (exact) mass is 698 g/mol. The number of nitrogens with one attached hydrogen (secondary N) is 5. The van der Waals surface area contributed by atoms with Crippen molar-refractivity contribution in [3.8, 4) is 0 Å². The lowest BCUT2D eigenvalue weighted by molar-refractivity contribution is -0.136. The highest BCUT2D eigenvalue weighted by atomic mass is 35.5. The van der Waals surface area contributed by atoms with Crippen molar-refractivity contribution in [2.24, 2.45) is 11.8 Å². The minimum Gasteiger partial charge on any atom is -0.445 e. The van der Waals surface area contributed by atoms with Gasteiger partial charge in [0.15, 0.2) is 0 Å². The number of aromatic amines is 2. The highest BCUT2D eigenvalue weighted by Gasteiger charge is 2.47. The minimum absolute atomic E-state index is 0.0304. The van der Waals surface area contributed by atoms with Crippen molar-refractivity contribution >= 4 is 52.0 Å². The van der Waals surface area contributed by atoms with Crippen molar-refractivity contribution in [1.29, 1.82) is 0 Å². The molecule has 5 N–H and O–H groups in total. The van der Waals surface area contributed by atoms with Crippen LogP contribution in [0.5, 0.6) is 0 Å². The van der Waals surface area contributed by atoms with Gasteiger partial charge in [0, 0.05) is 22.5 Å². The van der Waals surface area contributed by atoms with Crippen LogP contribution in [0.25, 0.3) is 10.9 Å². The van der Waals surface area contributed by atoms with Crippen LogP contribution in [0.2, 0.25) is 10.0 Å². The third-order valence-electron chi connectivity index (χ3n) is 9.30. The molecule has 3 amide bonds. The average Bonchev–Trinajstić information content (AvgIpc) is 3.67. The van der Waals surface area contributed by atoms with Gasteiger partial charge in [0.1, 0.15) is 24.2 Å². The first-order valence-corrected chi connectivity index (χ1v) is 16.8. The van der Waals surface area contributed by atoms with Gasteiger partial charge in [-0.1, -0.05) is 94.1 Å². The Morgan fingerprint density at radius 1 is 1.06 bits per heavy atom. The van der Waals surface area contributed by atoms with Crippen molar-refractivity contribution in [2.45, 2.75) is 84.0 Å². The van der Waals surface area contributed by atoms with Crippen LogP contribution in [0, 0.1) is 11.8 Å². The number of carbonyl (C=O) groups is 3. The molecule has 5 atom stereocenters. The third kappa shape index (κ3) is 7.55. The Bertz CT molecular complexity index is 1840. The van der Waals surface area contributed by atoms with Gasteiger partial charge in [-0.3, -0.25) is 9.59 Å². The highest BCUT2D eigenvalue weighted by molar-refractivity contribution is 6.38. The number of halogens is 2. The summed E-state index contributed by atoms with van der Waals surface area (Å²) < 4.78 is 10.7. The number of nitrogens with zero attached hydrogens (tertiary/aromatic N) is 1. The van der Waals surface area contributed by atoms with Gasteiger partial charge in [-0.05, 0) is 47.9 Å². The Morgan fingerprint density at radius 3 is 2.46 bits per heavy atom. The molecule has 0 saturated carbocycles. The summed E-state index contributed by atoms with van der Waals surface area (Å²) in [5.41, 5.74) is 1.68. The Hall–Kier alpha value is -4.29. The maximum atomic E-state index is 14.6. The predicted octanol–water partition coefficient (Wildman–Crippen LogP) is 5.74. The molecule has 0 radical (unpaired) electrons. The number of aryl methyl sites for hydroxylation is 1. The maximum Gasteiger partial charge on any atom is 0.434 e. The molecule has 256 valence electrons. The first kappa shape index (κ1) is 35.0. The van der Waals surface area contributed by atoms with E-state index in [1.54, 1.807) is 12.1 Å². The van der Waals surface area contributed by atoms with Crippen molar-refractivity contribution in [3.05, 3.63) is 85.8 Å². The molecule has 2 unspecified atom stereocenters. The number of hydrogen-bond donors (Lipinski definition) is 5. The number of rotatable bonds is 12. The Labute approximate surface area is 287 Å². The smallest absolute Gasteiger partial charge is 0.434 e. The van der Waals surface area contributed by atoms with Crippen LogP contribution in [0.3, 0.4) is 0 Å². The maximum absolute atomic E-state index is 14.6. The molecule has 0 saturated heterocycles. The summed E-state index contributed by atoms with van der Waals surface area (Å²) in [6.45, 7) is 7.62. The van der Waals surface area contributed by atoms with Crippen molar-refractivity contribution in [1.82, 2.24) is 31.1 Å². The summed E-state index contributed by atoms with van der Waals surface area (Å²) in [6, 6.07) is 10.9. The van der Waals surface area contributed by atoms with E-state index in [4.69, 9.17) is 32.4 Å². The Balaban J connectivity index is 1.48. The third-order valence-corrected chi connectivity index (χ3v) is 9.82. The number of fused-ring (bicyclic) bond motifs is 3. The molecule has 2 heterocycles. The van der Waals surface area contributed by atoms with Gasteiger partial charge < -0.3 is 30.1 Å². The minimum atomic E-state index is -1.47. The van der Waals surface area contributed by atoms with E-state index >= 15 is 0 Å². The van der Waals surface area contributed by atoms with Gasteiger partial charge in [-0.25, -0.2) is 14.7 Å². The summed E-state index contributed by atoms with van der Waals surface area (Å²) >= 11 is 12.9. The molecule has 1 aliphatic carbocycles. The largest absolute Gasteiger partial charge is 0.445 e. The van der Waals surface area contributed by atoms with Crippen LogP contribution in [0.4, 0.5) is 4.79 Å². The number of aromatic nitrogens is 3. The predicted molar refractivity (Wildman–Crippen MR) is 182 cm³/mol. The topological polar surface area (TPSA) is 171 Å². The van der Waals surface area contributed by atoms with Crippen LogP contribution in [-0.2, 0) is 33.8 Å². The fourth-order valence-corrected chi connectivity index (χ4v) is 6.61. The van der Waals surface area contributed by atoms with Crippen LogP contribution in [0.1, 0.15) is 75.7 Å². The van der Waals surface area contributed by atoms with Gasteiger partial charge in [-0.15, -0.1) is 5.10 Å². The normalized spacial score (nSPS) is 18.3. The van der Waals surface area contributed by atoms with Crippen LogP contribution < -0.4 is 21.7 Å². The first-order valence-electron chi connectivity index (χ1n) is 16.1. The molecule has 2 aromatic carbocycles. The number of carbonyl (C=O) groups excluding carboxylic acids is 3. The number of benzene rings is 2. The molecule has 2 aromatic heterocycles. The summed E-state index contributed by atoms with van der Waals surface area (Å²) in [5.74, 6) is -2.22. The molecule has 1 aliphatic rings. The zero-order valence-corrected chi connectivity index (χ0v) is 28.8. The first-order chi connectivity index (χ1) is 22.9. The lowest BCUT2D eigenvalue weighted by atomic mass is 9.78. The zero-order chi connectivity index (χ0) is 34.6. The zero-order valence-electron chi connectivity index (χ0n) is 27.2. The lowest BCUT2D eigenvalue weighted by Crippen LogP contribution is -2.65. The number of amides is 3. The average molecular weight is 700 g/mol. The van der Waals surface area contributed by atoms with Crippen LogP contribution in [0.15, 0.2) is 51.7 Å². The second kappa shape index (κ2) is 14.9. The molecule has 48 heavy (non-hydrogen) atoms. The quantitative estimate of drug-likeness (QED) is 0.126. The van der Waals surface area contributed by atoms with E-state index < -0.39 is 41.3 Å². The van der Waals surface area contributed by atoms with E-state index in [2.05, 4.69) is 31.1 Å². The number of alkyl carbamates (subject to hydrolysis) is 1. The molecule has 0 fully saturated rings. The Morgan fingerprint density at radius 2 is 1.79 bits per heavy atom.